The van der Waals surface area contributed by atoms with E-state index in [0.717, 1.165) is 12.1 Å². The maximum atomic E-state index is 13.0. The van der Waals surface area contributed by atoms with Crippen LogP contribution in [0.15, 0.2) is 59.8 Å². The van der Waals surface area contributed by atoms with Gasteiger partial charge in [0.15, 0.2) is 0 Å². The van der Waals surface area contributed by atoms with Gasteiger partial charge in [0.2, 0.25) is 5.91 Å². The minimum Gasteiger partial charge on any atom is -0.496 e. The molecule has 0 radical (unpaired) electrons. The van der Waals surface area contributed by atoms with Crippen molar-refractivity contribution in [2.24, 2.45) is 0 Å². The standard InChI is InChI=1S/C21H16F3NO4/c1-28-17-5-3-2-4-14(17)15-10-18(26)25(16-11-29-20(27)19(15)16)13-8-6-12(7-9-13)21(22,23)24/h2-9,15H,10-11H2,1H3/t15-/m1/s1. The molecule has 2 aromatic rings. The van der Waals surface area contributed by atoms with Crippen molar-refractivity contribution in [3.63, 3.8) is 0 Å². The van der Waals surface area contributed by atoms with Crippen LogP contribution in [0.3, 0.4) is 0 Å². The highest BCUT2D eigenvalue weighted by atomic mass is 19.4. The summed E-state index contributed by atoms with van der Waals surface area (Å²) in [6.07, 6.45) is -4.51. The van der Waals surface area contributed by atoms with Crippen LogP contribution in [0.25, 0.3) is 0 Å². The molecular formula is C21H16F3NO4. The van der Waals surface area contributed by atoms with Gasteiger partial charge < -0.3 is 9.47 Å². The summed E-state index contributed by atoms with van der Waals surface area (Å²) in [5, 5.41) is 0. The first-order valence-corrected chi connectivity index (χ1v) is 8.84. The SMILES string of the molecule is COc1ccccc1[C@H]1CC(=O)N(c2ccc(C(F)(F)F)cc2)C2=C1C(=O)OC2. The number of nitrogens with zero attached hydrogens (tertiary/aromatic N) is 1. The molecule has 1 amide bonds. The average molecular weight is 403 g/mol. The number of esters is 1. The molecule has 1 atom stereocenters. The molecule has 0 N–H and O–H groups in total. The second-order valence-corrected chi connectivity index (χ2v) is 6.71. The number of anilines is 1. The summed E-state index contributed by atoms with van der Waals surface area (Å²) in [6, 6.07) is 11.3. The molecule has 2 aliphatic heterocycles. The predicted octanol–water partition coefficient (Wildman–Crippen LogP) is 4.05. The summed E-state index contributed by atoms with van der Waals surface area (Å²) in [4.78, 5) is 26.7. The number of methoxy groups -OCH3 is 1. The summed E-state index contributed by atoms with van der Waals surface area (Å²) in [5.74, 6) is -0.882. The van der Waals surface area contributed by atoms with E-state index in [2.05, 4.69) is 0 Å². The Bertz CT molecular complexity index is 1010. The zero-order valence-electron chi connectivity index (χ0n) is 15.3. The van der Waals surface area contributed by atoms with Crippen LogP contribution in [0.4, 0.5) is 18.9 Å². The number of carbonyl (C=O) groups excluding carboxylic acids is 2. The van der Waals surface area contributed by atoms with Crippen molar-refractivity contribution in [3.05, 3.63) is 70.9 Å². The van der Waals surface area contributed by atoms with Gasteiger partial charge in [0, 0.05) is 23.6 Å². The first-order chi connectivity index (χ1) is 13.8. The van der Waals surface area contributed by atoms with Gasteiger partial charge in [-0.15, -0.1) is 0 Å². The lowest BCUT2D eigenvalue weighted by Crippen LogP contribution is -2.37. The highest BCUT2D eigenvalue weighted by Crippen LogP contribution is 2.44. The third-order valence-electron chi connectivity index (χ3n) is 5.08. The Kier molecular flexibility index (Phi) is 4.56. The van der Waals surface area contributed by atoms with E-state index < -0.39 is 23.6 Å². The molecular weight excluding hydrogens is 387 g/mol. The molecule has 0 saturated heterocycles. The van der Waals surface area contributed by atoms with Crippen molar-refractivity contribution in [1.82, 2.24) is 0 Å². The third-order valence-corrected chi connectivity index (χ3v) is 5.08. The molecule has 0 aliphatic carbocycles. The van der Waals surface area contributed by atoms with Gasteiger partial charge in [-0.2, -0.15) is 13.2 Å². The Hall–Kier alpha value is -3.29. The van der Waals surface area contributed by atoms with Gasteiger partial charge in [0.05, 0.1) is 23.9 Å². The lowest BCUT2D eigenvalue weighted by molar-refractivity contribution is -0.138. The Morgan fingerprint density at radius 1 is 1.07 bits per heavy atom. The van der Waals surface area contributed by atoms with Crippen LogP contribution in [0.1, 0.15) is 23.5 Å². The van der Waals surface area contributed by atoms with E-state index in [0.29, 0.717) is 22.6 Å². The minimum absolute atomic E-state index is 0.0324. The quantitative estimate of drug-likeness (QED) is 0.726. The summed E-state index contributed by atoms with van der Waals surface area (Å²) in [6.45, 7) is -0.118. The van der Waals surface area contributed by atoms with Crippen LogP contribution >= 0.6 is 0 Å². The van der Waals surface area contributed by atoms with Gasteiger partial charge in [0.1, 0.15) is 12.4 Å². The van der Waals surface area contributed by atoms with E-state index in [9.17, 15) is 22.8 Å². The van der Waals surface area contributed by atoms with Gasteiger partial charge >= 0.3 is 12.1 Å². The Balaban J connectivity index is 1.79. The summed E-state index contributed by atoms with van der Waals surface area (Å²) in [7, 11) is 1.50. The van der Waals surface area contributed by atoms with Crippen molar-refractivity contribution in [3.8, 4) is 5.75 Å². The number of halogens is 3. The number of carbonyl (C=O) groups is 2. The van der Waals surface area contributed by atoms with Crippen molar-refractivity contribution >= 4 is 17.6 Å². The Morgan fingerprint density at radius 2 is 1.76 bits per heavy atom. The molecule has 2 heterocycles. The molecule has 0 aromatic heterocycles. The van der Waals surface area contributed by atoms with Crippen molar-refractivity contribution in [2.75, 3.05) is 18.6 Å². The summed E-state index contributed by atoms with van der Waals surface area (Å²) < 4.78 is 49.1. The topological polar surface area (TPSA) is 55.8 Å². The normalized spacial score (nSPS) is 19.3. The van der Waals surface area contributed by atoms with Gasteiger partial charge in [-0.1, -0.05) is 18.2 Å². The molecule has 150 valence electrons. The molecule has 0 unspecified atom stereocenters. The van der Waals surface area contributed by atoms with Crippen LogP contribution in [0.2, 0.25) is 0 Å². The Labute approximate surface area is 164 Å². The second-order valence-electron chi connectivity index (χ2n) is 6.71. The van der Waals surface area contributed by atoms with Gasteiger partial charge in [-0.25, -0.2) is 4.79 Å². The summed E-state index contributed by atoms with van der Waals surface area (Å²) in [5.41, 5.74) is 0.801. The molecule has 0 fully saturated rings. The van der Waals surface area contributed by atoms with E-state index in [1.54, 1.807) is 24.3 Å². The van der Waals surface area contributed by atoms with Crippen molar-refractivity contribution < 1.29 is 32.2 Å². The van der Waals surface area contributed by atoms with E-state index >= 15 is 0 Å². The average Bonchev–Trinajstić information content (AvgIpc) is 3.08. The van der Waals surface area contributed by atoms with E-state index in [4.69, 9.17) is 9.47 Å². The van der Waals surface area contributed by atoms with Crippen LogP contribution in [0, 0.1) is 0 Å². The second kappa shape index (κ2) is 6.95. The maximum Gasteiger partial charge on any atom is 0.416 e. The lowest BCUT2D eigenvalue weighted by atomic mass is 9.83. The number of hydrogen-bond donors (Lipinski definition) is 0. The first-order valence-electron chi connectivity index (χ1n) is 8.84. The number of benzene rings is 2. The third kappa shape index (κ3) is 3.24. The molecule has 2 aromatic carbocycles. The van der Waals surface area contributed by atoms with Crippen LogP contribution in [-0.2, 0) is 20.5 Å². The summed E-state index contributed by atoms with van der Waals surface area (Å²) >= 11 is 0. The highest BCUT2D eigenvalue weighted by molar-refractivity contribution is 6.06. The number of rotatable bonds is 3. The maximum absolute atomic E-state index is 13.0. The van der Waals surface area contributed by atoms with Gasteiger partial charge in [-0.3, -0.25) is 9.69 Å². The monoisotopic (exact) mass is 403 g/mol. The molecule has 4 rings (SSSR count). The molecule has 5 nitrogen and oxygen atoms in total. The van der Waals surface area contributed by atoms with Crippen LogP contribution in [-0.4, -0.2) is 25.6 Å². The number of para-hydroxylation sites is 1. The van der Waals surface area contributed by atoms with Crippen LogP contribution < -0.4 is 9.64 Å². The molecule has 0 spiro atoms. The zero-order chi connectivity index (χ0) is 20.8. The van der Waals surface area contributed by atoms with Crippen molar-refractivity contribution in [1.29, 1.82) is 0 Å². The van der Waals surface area contributed by atoms with E-state index in [1.807, 2.05) is 0 Å². The lowest BCUT2D eigenvalue weighted by Gasteiger charge is -2.32. The molecule has 0 bridgehead atoms. The molecule has 8 heteroatoms. The van der Waals surface area contributed by atoms with Crippen LogP contribution in [0.5, 0.6) is 5.75 Å². The smallest absolute Gasteiger partial charge is 0.416 e. The highest BCUT2D eigenvalue weighted by Gasteiger charge is 2.44. The number of amides is 1. The number of hydrogen-bond acceptors (Lipinski definition) is 4. The van der Waals surface area contributed by atoms with Crippen molar-refractivity contribution in [2.45, 2.75) is 18.5 Å². The largest absolute Gasteiger partial charge is 0.496 e. The van der Waals surface area contributed by atoms with Gasteiger partial charge in [-0.05, 0) is 30.3 Å². The number of cyclic esters (lactones) is 1. The fourth-order valence-corrected chi connectivity index (χ4v) is 3.77. The predicted molar refractivity (Wildman–Crippen MR) is 97.3 cm³/mol. The molecule has 2 aliphatic rings. The molecule has 29 heavy (non-hydrogen) atoms. The van der Waals surface area contributed by atoms with E-state index in [1.165, 1.54) is 24.1 Å². The molecule has 0 saturated carbocycles. The fraction of sp³-hybridized carbons (Fsp3) is 0.238. The fourth-order valence-electron chi connectivity index (χ4n) is 3.77. The number of alkyl halides is 3. The van der Waals surface area contributed by atoms with E-state index in [-0.39, 0.29) is 24.6 Å². The van der Waals surface area contributed by atoms with Gasteiger partial charge in [0.25, 0.3) is 0 Å². The first kappa shape index (κ1) is 19.0. The number of ether oxygens (including phenoxy) is 2. The Morgan fingerprint density at radius 3 is 2.41 bits per heavy atom. The minimum atomic E-state index is -4.48. The zero-order valence-corrected chi connectivity index (χ0v) is 15.3.